The Kier molecular flexibility index (Phi) is 3.45. The van der Waals surface area contributed by atoms with E-state index in [1.54, 1.807) is 7.11 Å². The Balaban J connectivity index is 2.60. The number of methoxy groups -OCH3 is 1. The van der Waals surface area contributed by atoms with Crippen molar-refractivity contribution in [3.05, 3.63) is 24.3 Å². The van der Waals surface area contributed by atoms with E-state index in [4.69, 9.17) is 4.74 Å². The van der Waals surface area contributed by atoms with Gasteiger partial charge in [-0.1, -0.05) is 13.0 Å². The van der Waals surface area contributed by atoms with Crippen LogP contribution in [-0.4, -0.2) is 13.7 Å². The first-order valence-electron chi connectivity index (χ1n) is 4.24. The summed E-state index contributed by atoms with van der Waals surface area (Å²) >= 11 is 0. The molecule has 1 rings (SSSR count). The smallest absolute Gasteiger partial charge is 0.120 e. The molecule has 12 heavy (non-hydrogen) atoms. The molecule has 0 amide bonds. The van der Waals surface area contributed by atoms with E-state index >= 15 is 0 Å². The molecular weight excluding hydrogens is 150 g/mol. The zero-order valence-electron chi connectivity index (χ0n) is 7.63. The van der Waals surface area contributed by atoms with Crippen LogP contribution in [0.2, 0.25) is 0 Å². The van der Waals surface area contributed by atoms with Gasteiger partial charge in [0.1, 0.15) is 5.75 Å². The lowest BCUT2D eigenvalue weighted by Gasteiger charge is -2.05. The number of anilines is 1. The summed E-state index contributed by atoms with van der Waals surface area (Å²) in [6, 6.07) is 7.96. The van der Waals surface area contributed by atoms with Crippen LogP contribution >= 0.6 is 0 Å². The molecule has 1 N–H and O–H groups in total. The van der Waals surface area contributed by atoms with E-state index in [-0.39, 0.29) is 0 Å². The van der Waals surface area contributed by atoms with E-state index < -0.39 is 0 Å². The van der Waals surface area contributed by atoms with Gasteiger partial charge >= 0.3 is 0 Å². The molecule has 0 aliphatic heterocycles. The number of hydrogen-bond acceptors (Lipinski definition) is 2. The van der Waals surface area contributed by atoms with Crippen LogP contribution in [-0.2, 0) is 0 Å². The topological polar surface area (TPSA) is 21.3 Å². The second-order valence-corrected chi connectivity index (χ2v) is 2.66. The number of ether oxygens (including phenoxy) is 1. The molecule has 2 nitrogen and oxygen atoms in total. The lowest BCUT2D eigenvalue weighted by atomic mass is 10.3. The quantitative estimate of drug-likeness (QED) is 0.740. The maximum Gasteiger partial charge on any atom is 0.120 e. The molecule has 0 aliphatic carbocycles. The van der Waals surface area contributed by atoms with Crippen molar-refractivity contribution in [1.29, 1.82) is 0 Å². The van der Waals surface area contributed by atoms with E-state index in [2.05, 4.69) is 12.2 Å². The van der Waals surface area contributed by atoms with Gasteiger partial charge in [-0.25, -0.2) is 0 Å². The third-order valence-corrected chi connectivity index (χ3v) is 1.65. The van der Waals surface area contributed by atoms with Gasteiger partial charge in [0.05, 0.1) is 7.11 Å². The van der Waals surface area contributed by atoms with Crippen molar-refractivity contribution < 1.29 is 4.74 Å². The maximum absolute atomic E-state index is 5.09. The molecular formula is C10H15NO. The zero-order chi connectivity index (χ0) is 8.81. The highest BCUT2D eigenvalue weighted by atomic mass is 16.5. The van der Waals surface area contributed by atoms with Gasteiger partial charge in [0.15, 0.2) is 0 Å². The van der Waals surface area contributed by atoms with E-state index in [9.17, 15) is 0 Å². The van der Waals surface area contributed by atoms with Crippen molar-refractivity contribution in [3.8, 4) is 5.75 Å². The fourth-order valence-electron chi connectivity index (χ4n) is 1.00. The van der Waals surface area contributed by atoms with Crippen molar-refractivity contribution in [2.75, 3.05) is 19.0 Å². The summed E-state index contributed by atoms with van der Waals surface area (Å²) < 4.78 is 5.09. The second kappa shape index (κ2) is 4.65. The van der Waals surface area contributed by atoms with E-state index in [1.165, 1.54) is 0 Å². The third kappa shape index (κ3) is 2.46. The van der Waals surface area contributed by atoms with E-state index in [1.807, 2.05) is 24.3 Å². The predicted octanol–water partition coefficient (Wildman–Crippen LogP) is 2.52. The zero-order valence-corrected chi connectivity index (χ0v) is 7.63. The summed E-state index contributed by atoms with van der Waals surface area (Å²) in [7, 11) is 1.68. The molecule has 0 unspecified atom stereocenters. The molecule has 0 heterocycles. The Hall–Kier alpha value is -1.18. The number of rotatable bonds is 4. The molecule has 0 radical (unpaired) electrons. The minimum atomic E-state index is 0.899. The lowest BCUT2D eigenvalue weighted by molar-refractivity contribution is 0.415. The normalized spacial score (nSPS) is 9.50. The van der Waals surface area contributed by atoms with Gasteiger partial charge in [0.2, 0.25) is 0 Å². The highest BCUT2D eigenvalue weighted by Gasteiger charge is 1.92. The van der Waals surface area contributed by atoms with Crippen LogP contribution < -0.4 is 10.1 Å². The van der Waals surface area contributed by atoms with Crippen LogP contribution in [0.1, 0.15) is 13.3 Å². The molecule has 0 saturated carbocycles. The Morgan fingerprint density at radius 3 is 2.92 bits per heavy atom. The van der Waals surface area contributed by atoms with Gasteiger partial charge in [0.25, 0.3) is 0 Å². The largest absolute Gasteiger partial charge is 0.497 e. The summed E-state index contributed by atoms with van der Waals surface area (Å²) in [4.78, 5) is 0. The molecule has 0 saturated heterocycles. The van der Waals surface area contributed by atoms with Crippen molar-refractivity contribution in [2.24, 2.45) is 0 Å². The maximum atomic E-state index is 5.09. The highest BCUT2D eigenvalue weighted by Crippen LogP contribution is 2.16. The highest BCUT2D eigenvalue weighted by molar-refractivity contribution is 5.47. The number of hydrogen-bond donors (Lipinski definition) is 1. The minimum Gasteiger partial charge on any atom is -0.497 e. The van der Waals surface area contributed by atoms with Crippen LogP contribution in [0.4, 0.5) is 5.69 Å². The number of benzene rings is 1. The Bertz CT molecular complexity index is 235. The van der Waals surface area contributed by atoms with Crippen LogP contribution in [0.3, 0.4) is 0 Å². The standard InChI is InChI=1S/C10H15NO/c1-3-7-11-9-5-4-6-10(8-9)12-2/h4-6,8,11H,3,7H2,1-2H3. The lowest BCUT2D eigenvalue weighted by Crippen LogP contribution is -1.99. The Morgan fingerprint density at radius 1 is 1.42 bits per heavy atom. The van der Waals surface area contributed by atoms with Gasteiger partial charge in [-0.3, -0.25) is 0 Å². The van der Waals surface area contributed by atoms with E-state index in [0.717, 1.165) is 24.4 Å². The van der Waals surface area contributed by atoms with Crippen molar-refractivity contribution in [1.82, 2.24) is 0 Å². The Morgan fingerprint density at radius 2 is 2.25 bits per heavy atom. The summed E-state index contributed by atoms with van der Waals surface area (Å²) in [6.07, 6.45) is 1.14. The monoisotopic (exact) mass is 165 g/mol. The molecule has 0 atom stereocenters. The average molecular weight is 165 g/mol. The minimum absolute atomic E-state index is 0.899. The Labute approximate surface area is 73.6 Å². The summed E-state index contributed by atoms with van der Waals surface area (Å²) in [5, 5.41) is 3.29. The fraction of sp³-hybridized carbons (Fsp3) is 0.400. The molecule has 0 spiro atoms. The molecule has 0 aromatic heterocycles. The van der Waals surface area contributed by atoms with Crippen molar-refractivity contribution in [3.63, 3.8) is 0 Å². The van der Waals surface area contributed by atoms with Crippen LogP contribution in [0.5, 0.6) is 5.75 Å². The summed E-state index contributed by atoms with van der Waals surface area (Å²) in [5.41, 5.74) is 1.12. The molecule has 2 heteroatoms. The first kappa shape index (κ1) is 8.91. The van der Waals surface area contributed by atoms with Gasteiger partial charge in [-0.2, -0.15) is 0 Å². The molecule has 0 aliphatic rings. The van der Waals surface area contributed by atoms with Crippen molar-refractivity contribution in [2.45, 2.75) is 13.3 Å². The first-order valence-corrected chi connectivity index (χ1v) is 4.24. The van der Waals surface area contributed by atoms with Crippen LogP contribution in [0, 0.1) is 0 Å². The predicted molar refractivity (Wildman–Crippen MR) is 51.8 cm³/mol. The summed E-state index contributed by atoms with van der Waals surface area (Å²) in [5.74, 6) is 0.899. The molecule has 0 fully saturated rings. The van der Waals surface area contributed by atoms with Crippen molar-refractivity contribution >= 4 is 5.69 Å². The molecule has 1 aromatic carbocycles. The first-order chi connectivity index (χ1) is 5.86. The third-order valence-electron chi connectivity index (χ3n) is 1.65. The SMILES string of the molecule is CCCNc1cccc(OC)c1. The van der Waals surface area contributed by atoms with Gasteiger partial charge < -0.3 is 10.1 Å². The van der Waals surface area contributed by atoms with Gasteiger partial charge in [0, 0.05) is 18.3 Å². The average Bonchev–Trinajstić information content (AvgIpc) is 2.15. The van der Waals surface area contributed by atoms with Crippen LogP contribution in [0.15, 0.2) is 24.3 Å². The van der Waals surface area contributed by atoms with Gasteiger partial charge in [-0.15, -0.1) is 0 Å². The van der Waals surface area contributed by atoms with Crippen LogP contribution in [0.25, 0.3) is 0 Å². The molecule has 0 bridgehead atoms. The fourth-order valence-corrected chi connectivity index (χ4v) is 1.00. The summed E-state index contributed by atoms with van der Waals surface area (Å²) in [6.45, 7) is 3.15. The van der Waals surface area contributed by atoms with Gasteiger partial charge in [-0.05, 0) is 18.6 Å². The second-order valence-electron chi connectivity index (χ2n) is 2.66. The molecule has 66 valence electrons. The molecule has 1 aromatic rings. The van der Waals surface area contributed by atoms with E-state index in [0.29, 0.717) is 0 Å². The number of nitrogens with one attached hydrogen (secondary N) is 1.